The Hall–Kier alpha value is -2.31. The fraction of sp³-hybridized carbons (Fsp3) is 0.438. The largest absolute Gasteiger partial charge is 0.342 e. The number of hydrogen-bond donors (Lipinski definition) is 0. The van der Waals surface area contributed by atoms with E-state index in [9.17, 15) is 13.6 Å². The molecule has 1 aliphatic rings. The maximum atomic E-state index is 13.6. The highest BCUT2D eigenvalue weighted by Gasteiger charge is 2.30. The van der Waals surface area contributed by atoms with E-state index < -0.39 is 11.6 Å². The van der Waals surface area contributed by atoms with Gasteiger partial charge in [0.15, 0.2) is 5.82 Å². The Labute approximate surface area is 132 Å². The van der Waals surface area contributed by atoms with Gasteiger partial charge in [-0.3, -0.25) is 4.79 Å². The topological polar surface area (TPSA) is 59.2 Å². The molecule has 5 nitrogen and oxygen atoms in total. The van der Waals surface area contributed by atoms with E-state index in [-0.39, 0.29) is 30.2 Å². The van der Waals surface area contributed by atoms with E-state index in [0.29, 0.717) is 24.8 Å². The molecule has 1 aromatic heterocycles. The summed E-state index contributed by atoms with van der Waals surface area (Å²) in [4.78, 5) is 18.1. The molecule has 1 aromatic carbocycles. The monoisotopic (exact) mass is 321 g/mol. The summed E-state index contributed by atoms with van der Waals surface area (Å²) >= 11 is 0. The SMILES string of the molecule is Cc1noc([C@H]2CCN(C(=O)CCc3cc(F)ccc3F)C2)n1. The highest BCUT2D eigenvalue weighted by atomic mass is 19.1. The molecule has 23 heavy (non-hydrogen) atoms. The number of halogens is 2. The predicted octanol–water partition coefficient (Wildman–Crippen LogP) is 2.60. The first-order valence-corrected chi connectivity index (χ1v) is 7.55. The Kier molecular flexibility index (Phi) is 4.36. The van der Waals surface area contributed by atoms with Gasteiger partial charge in [-0.05, 0) is 43.5 Å². The third-order valence-electron chi connectivity index (χ3n) is 4.05. The van der Waals surface area contributed by atoms with E-state index in [1.54, 1.807) is 11.8 Å². The molecule has 2 aromatic rings. The third-order valence-corrected chi connectivity index (χ3v) is 4.05. The van der Waals surface area contributed by atoms with Crippen LogP contribution in [0.5, 0.6) is 0 Å². The Morgan fingerprint density at radius 2 is 2.26 bits per heavy atom. The number of carbonyl (C=O) groups is 1. The van der Waals surface area contributed by atoms with Gasteiger partial charge in [0.1, 0.15) is 11.6 Å². The van der Waals surface area contributed by atoms with Crippen molar-refractivity contribution in [1.82, 2.24) is 15.0 Å². The number of carbonyl (C=O) groups excluding carboxylic acids is 1. The summed E-state index contributed by atoms with van der Waals surface area (Å²) in [5, 5.41) is 3.76. The number of amides is 1. The molecule has 1 fully saturated rings. The van der Waals surface area contributed by atoms with Crippen molar-refractivity contribution in [2.24, 2.45) is 0 Å². The summed E-state index contributed by atoms with van der Waals surface area (Å²) in [6.45, 7) is 2.88. The minimum absolute atomic E-state index is 0.0473. The van der Waals surface area contributed by atoms with Crippen LogP contribution in [-0.2, 0) is 11.2 Å². The van der Waals surface area contributed by atoms with Gasteiger partial charge < -0.3 is 9.42 Å². The van der Waals surface area contributed by atoms with Crippen molar-refractivity contribution >= 4 is 5.91 Å². The molecule has 0 bridgehead atoms. The molecule has 0 N–H and O–H groups in total. The molecule has 0 radical (unpaired) electrons. The highest BCUT2D eigenvalue weighted by molar-refractivity contribution is 5.76. The van der Waals surface area contributed by atoms with Gasteiger partial charge in [0.2, 0.25) is 11.8 Å². The minimum Gasteiger partial charge on any atom is -0.342 e. The highest BCUT2D eigenvalue weighted by Crippen LogP contribution is 2.26. The van der Waals surface area contributed by atoms with E-state index in [2.05, 4.69) is 10.1 Å². The first-order chi connectivity index (χ1) is 11.0. The fourth-order valence-electron chi connectivity index (χ4n) is 2.80. The molecule has 0 spiro atoms. The van der Waals surface area contributed by atoms with Crippen LogP contribution >= 0.6 is 0 Å². The maximum absolute atomic E-state index is 13.6. The number of benzene rings is 1. The van der Waals surface area contributed by atoms with Gasteiger partial charge in [0.05, 0.1) is 5.92 Å². The van der Waals surface area contributed by atoms with E-state index in [1.165, 1.54) is 0 Å². The normalized spacial score (nSPS) is 17.7. The average molecular weight is 321 g/mol. The van der Waals surface area contributed by atoms with Crippen molar-refractivity contribution in [3.63, 3.8) is 0 Å². The van der Waals surface area contributed by atoms with Crippen molar-refractivity contribution in [2.45, 2.75) is 32.1 Å². The quantitative estimate of drug-likeness (QED) is 0.868. The van der Waals surface area contributed by atoms with Crippen molar-refractivity contribution in [3.8, 4) is 0 Å². The van der Waals surface area contributed by atoms with E-state index >= 15 is 0 Å². The standard InChI is InChI=1S/C16H17F2N3O2/c1-10-19-16(23-20-10)12-6-7-21(9-12)15(22)5-2-11-8-13(17)3-4-14(11)18/h3-4,8,12H,2,5-7,9H2,1H3/t12-/m0/s1. The predicted molar refractivity (Wildman–Crippen MR) is 77.7 cm³/mol. The zero-order chi connectivity index (χ0) is 16.4. The first-order valence-electron chi connectivity index (χ1n) is 7.55. The van der Waals surface area contributed by atoms with Crippen LogP contribution in [0, 0.1) is 18.6 Å². The molecule has 3 rings (SSSR count). The van der Waals surface area contributed by atoms with Crippen LogP contribution in [0.25, 0.3) is 0 Å². The molecule has 0 unspecified atom stereocenters. The molecule has 1 aliphatic heterocycles. The number of rotatable bonds is 4. The lowest BCUT2D eigenvalue weighted by molar-refractivity contribution is -0.130. The molecule has 1 atom stereocenters. The van der Waals surface area contributed by atoms with Gasteiger partial charge in [-0.2, -0.15) is 4.98 Å². The first kappa shape index (κ1) is 15.6. The second-order valence-corrected chi connectivity index (χ2v) is 5.74. The van der Waals surface area contributed by atoms with Crippen LogP contribution in [0.4, 0.5) is 8.78 Å². The lowest BCUT2D eigenvalue weighted by Crippen LogP contribution is -2.28. The smallest absolute Gasteiger partial charge is 0.231 e. The molecule has 7 heteroatoms. The molecular formula is C16H17F2N3O2. The van der Waals surface area contributed by atoms with Gasteiger partial charge >= 0.3 is 0 Å². The third kappa shape index (κ3) is 3.55. The maximum Gasteiger partial charge on any atom is 0.231 e. The van der Waals surface area contributed by atoms with Crippen molar-refractivity contribution < 1.29 is 18.1 Å². The summed E-state index contributed by atoms with van der Waals surface area (Å²) in [6, 6.07) is 3.29. The number of aryl methyl sites for hydroxylation is 2. The zero-order valence-corrected chi connectivity index (χ0v) is 12.8. The summed E-state index contributed by atoms with van der Waals surface area (Å²) in [5.74, 6) is 0.112. The number of aromatic nitrogens is 2. The Morgan fingerprint density at radius 3 is 3.00 bits per heavy atom. The fourth-order valence-corrected chi connectivity index (χ4v) is 2.80. The number of hydrogen-bond acceptors (Lipinski definition) is 4. The van der Waals surface area contributed by atoms with Crippen LogP contribution in [0.2, 0.25) is 0 Å². The van der Waals surface area contributed by atoms with Gasteiger partial charge in [0, 0.05) is 19.5 Å². The van der Waals surface area contributed by atoms with E-state index in [4.69, 9.17) is 4.52 Å². The van der Waals surface area contributed by atoms with Crippen LogP contribution in [0.1, 0.15) is 36.0 Å². The molecule has 1 saturated heterocycles. The van der Waals surface area contributed by atoms with Crippen molar-refractivity contribution in [2.75, 3.05) is 13.1 Å². The number of likely N-dealkylation sites (tertiary alicyclic amines) is 1. The van der Waals surface area contributed by atoms with Crippen LogP contribution < -0.4 is 0 Å². The van der Waals surface area contributed by atoms with E-state index in [1.807, 2.05) is 0 Å². The molecule has 0 saturated carbocycles. The second kappa shape index (κ2) is 6.44. The molecule has 0 aliphatic carbocycles. The lowest BCUT2D eigenvalue weighted by Gasteiger charge is -2.15. The molecule has 1 amide bonds. The lowest BCUT2D eigenvalue weighted by atomic mass is 10.1. The van der Waals surface area contributed by atoms with Gasteiger partial charge in [-0.25, -0.2) is 8.78 Å². The molecule has 122 valence electrons. The van der Waals surface area contributed by atoms with E-state index in [0.717, 1.165) is 24.6 Å². The van der Waals surface area contributed by atoms with Crippen LogP contribution in [-0.4, -0.2) is 34.0 Å². The minimum atomic E-state index is -0.498. The Morgan fingerprint density at radius 1 is 1.43 bits per heavy atom. The molecule has 2 heterocycles. The number of nitrogens with zero attached hydrogens (tertiary/aromatic N) is 3. The van der Waals surface area contributed by atoms with Gasteiger partial charge in [-0.1, -0.05) is 5.16 Å². The Balaban J connectivity index is 1.56. The average Bonchev–Trinajstić information content (AvgIpc) is 3.16. The summed E-state index contributed by atoms with van der Waals surface area (Å²) < 4.78 is 31.8. The zero-order valence-electron chi connectivity index (χ0n) is 12.8. The van der Waals surface area contributed by atoms with Crippen LogP contribution in [0.15, 0.2) is 22.7 Å². The van der Waals surface area contributed by atoms with Crippen molar-refractivity contribution in [1.29, 1.82) is 0 Å². The molecular weight excluding hydrogens is 304 g/mol. The summed E-state index contributed by atoms with van der Waals surface area (Å²) in [5.41, 5.74) is 0.224. The summed E-state index contributed by atoms with van der Waals surface area (Å²) in [6.07, 6.45) is 1.10. The van der Waals surface area contributed by atoms with Gasteiger partial charge in [-0.15, -0.1) is 0 Å². The van der Waals surface area contributed by atoms with Crippen molar-refractivity contribution in [3.05, 3.63) is 47.1 Å². The second-order valence-electron chi connectivity index (χ2n) is 5.74. The van der Waals surface area contributed by atoms with Gasteiger partial charge in [0.25, 0.3) is 0 Å². The van der Waals surface area contributed by atoms with Crippen LogP contribution in [0.3, 0.4) is 0 Å². The Bertz CT molecular complexity index is 717. The summed E-state index contributed by atoms with van der Waals surface area (Å²) in [7, 11) is 0.